The van der Waals surface area contributed by atoms with Gasteiger partial charge in [0.2, 0.25) is 0 Å². The summed E-state index contributed by atoms with van der Waals surface area (Å²) in [6, 6.07) is 13.9. The van der Waals surface area contributed by atoms with E-state index in [0.717, 1.165) is 31.7 Å². The third-order valence-corrected chi connectivity index (χ3v) is 4.77. The number of rotatable bonds is 6. The number of carbonyl (C=O) groups is 1. The van der Waals surface area contributed by atoms with Gasteiger partial charge in [-0.05, 0) is 55.9 Å². The van der Waals surface area contributed by atoms with Crippen molar-refractivity contribution in [2.24, 2.45) is 0 Å². The molecule has 1 N–H and O–H groups in total. The van der Waals surface area contributed by atoms with Gasteiger partial charge in [-0.15, -0.1) is 0 Å². The number of piperazine rings is 1. The molecule has 0 saturated carbocycles. The maximum absolute atomic E-state index is 12.9. The van der Waals surface area contributed by atoms with E-state index in [1.54, 1.807) is 6.92 Å². The van der Waals surface area contributed by atoms with Gasteiger partial charge in [0.05, 0.1) is 0 Å². The number of hydrogen-bond donors (Lipinski definition) is 1. The molecule has 0 radical (unpaired) electrons. The van der Waals surface area contributed by atoms with E-state index in [0.29, 0.717) is 12.3 Å². The minimum absolute atomic E-state index is 0.206. The van der Waals surface area contributed by atoms with E-state index in [4.69, 9.17) is 4.74 Å². The van der Waals surface area contributed by atoms with E-state index < -0.39 is 6.10 Å². The van der Waals surface area contributed by atoms with Gasteiger partial charge in [-0.25, -0.2) is 4.39 Å². The second kappa shape index (κ2) is 8.86. The molecule has 5 nitrogen and oxygen atoms in total. The van der Waals surface area contributed by atoms with Crippen molar-refractivity contribution in [2.75, 3.05) is 38.1 Å². The Morgan fingerprint density at radius 3 is 2.33 bits per heavy atom. The number of likely N-dealkylation sites (N-methyl/N-ethyl adjacent to an activating group) is 1. The largest absolute Gasteiger partial charge is 0.481 e. The molecule has 0 aliphatic carbocycles. The number of hydrogen-bond acceptors (Lipinski definition) is 4. The van der Waals surface area contributed by atoms with Crippen LogP contribution in [0.15, 0.2) is 48.5 Å². The molecule has 0 bridgehead atoms. The van der Waals surface area contributed by atoms with E-state index in [1.807, 2.05) is 12.1 Å². The van der Waals surface area contributed by atoms with E-state index in [2.05, 4.69) is 34.3 Å². The third kappa shape index (κ3) is 5.44. The Morgan fingerprint density at radius 1 is 1.07 bits per heavy atom. The van der Waals surface area contributed by atoms with Gasteiger partial charge >= 0.3 is 0 Å². The van der Waals surface area contributed by atoms with Crippen LogP contribution in [0.5, 0.6) is 5.75 Å². The maximum atomic E-state index is 12.9. The van der Waals surface area contributed by atoms with Gasteiger partial charge in [0, 0.05) is 38.4 Å². The van der Waals surface area contributed by atoms with Gasteiger partial charge in [0.15, 0.2) is 6.10 Å². The van der Waals surface area contributed by atoms with Gasteiger partial charge in [0.25, 0.3) is 5.91 Å². The monoisotopic (exact) mass is 371 g/mol. The number of anilines is 1. The van der Waals surface area contributed by atoms with E-state index in [9.17, 15) is 9.18 Å². The Morgan fingerprint density at radius 2 is 1.70 bits per heavy atom. The van der Waals surface area contributed by atoms with Crippen molar-refractivity contribution in [3.05, 3.63) is 59.9 Å². The smallest absolute Gasteiger partial charge is 0.261 e. The van der Waals surface area contributed by atoms with Crippen LogP contribution < -0.4 is 15.0 Å². The fourth-order valence-corrected chi connectivity index (χ4v) is 2.99. The summed E-state index contributed by atoms with van der Waals surface area (Å²) in [4.78, 5) is 16.9. The highest BCUT2D eigenvalue weighted by Crippen LogP contribution is 2.17. The molecule has 1 atom stereocenters. The normalized spacial score (nSPS) is 16.0. The number of nitrogens with one attached hydrogen (secondary N) is 1. The van der Waals surface area contributed by atoms with Crippen molar-refractivity contribution < 1.29 is 13.9 Å². The number of halogens is 1. The van der Waals surface area contributed by atoms with Crippen LogP contribution in [0.3, 0.4) is 0 Å². The molecular weight excluding hydrogens is 345 g/mol. The SMILES string of the molecule is C[C@@H](Oc1ccc(F)cc1)C(=O)NCc1ccc(N2CCN(C)CC2)cc1. The second-order valence-electron chi connectivity index (χ2n) is 6.89. The first kappa shape index (κ1) is 19.2. The molecule has 144 valence electrons. The number of carbonyl (C=O) groups excluding carboxylic acids is 1. The molecule has 0 unspecified atom stereocenters. The van der Waals surface area contributed by atoms with Gasteiger partial charge in [0.1, 0.15) is 11.6 Å². The molecule has 3 rings (SSSR count). The van der Waals surface area contributed by atoms with Gasteiger partial charge < -0.3 is 19.9 Å². The van der Waals surface area contributed by atoms with Crippen LogP contribution in [0.2, 0.25) is 0 Å². The lowest BCUT2D eigenvalue weighted by Gasteiger charge is -2.34. The summed E-state index contributed by atoms with van der Waals surface area (Å²) >= 11 is 0. The highest BCUT2D eigenvalue weighted by Gasteiger charge is 2.16. The molecule has 2 aromatic rings. The number of nitrogens with zero attached hydrogens (tertiary/aromatic N) is 2. The van der Waals surface area contributed by atoms with Crippen molar-refractivity contribution >= 4 is 11.6 Å². The minimum Gasteiger partial charge on any atom is -0.481 e. The Bertz CT molecular complexity index is 741. The first-order valence-electron chi connectivity index (χ1n) is 9.23. The van der Waals surface area contributed by atoms with Crippen molar-refractivity contribution in [3.63, 3.8) is 0 Å². The lowest BCUT2D eigenvalue weighted by Crippen LogP contribution is -2.44. The highest BCUT2D eigenvalue weighted by atomic mass is 19.1. The summed E-state index contributed by atoms with van der Waals surface area (Å²) in [5, 5.41) is 2.88. The lowest BCUT2D eigenvalue weighted by atomic mass is 10.1. The quantitative estimate of drug-likeness (QED) is 0.848. The van der Waals surface area contributed by atoms with Crippen LogP contribution in [-0.2, 0) is 11.3 Å². The molecule has 6 heteroatoms. The lowest BCUT2D eigenvalue weighted by molar-refractivity contribution is -0.127. The number of amides is 1. The second-order valence-corrected chi connectivity index (χ2v) is 6.89. The first-order valence-corrected chi connectivity index (χ1v) is 9.23. The zero-order valence-electron chi connectivity index (χ0n) is 15.8. The van der Waals surface area contributed by atoms with Crippen molar-refractivity contribution in [3.8, 4) is 5.75 Å². The average molecular weight is 371 g/mol. The molecule has 27 heavy (non-hydrogen) atoms. The van der Waals surface area contributed by atoms with Crippen LogP contribution in [0, 0.1) is 5.82 Å². The first-order chi connectivity index (χ1) is 13.0. The highest BCUT2D eigenvalue weighted by molar-refractivity contribution is 5.80. The molecule has 1 aliphatic rings. The molecule has 1 aliphatic heterocycles. The molecule has 1 fully saturated rings. The van der Waals surface area contributed by atoms with Gasteiger partial charge in [-0.3, -0.25) is 4.79 Å². The van der Waals surface area contributed by atoms with Gasteiger partial charge in [-0.2, -0.15) is 0 Å². The topological polar surface area (TPSA) is 44.8 Å². The third-order valence-electron chi connectivity index (χ3n) is 4.77. The standard InChI is InChI=1S/C21H26FN3O2/c1-16(27-20-9-5-18(22)6-10-20)21(26)23-15-17-3-7-19(8-4-17)25-13-11-24(2)12-14-25/h3-10,16H,11-15H2,1-2H3,(H,23,26)/t16-/m1/s1. The molecule has 1 saturated heterocycles. The maximum Gasteiger partial charge on any atom is 0.261 e. The zero-order valence-corrected chi connectivity index (χ0v) is 15.8. The molecule has 0 spiro atoms. The van der Waals surface area contributed by atoms with E-state index in [1.165, 1.54) is 30.0 Å². The minimum atomic E-state index is -0.653. The number of ether oxygens (including phenoxy) is 1. The molecular formula is C21H26FN3O2. The average Bonchev–Trinajstić information content (AvgIpc) is 2.69. The Labute approximate surface area is 159 Å². The van der Waals surface area contributed by atoms with E-state index in [-0.39, 0.29) is 11.7 Å². The fraction of sp³-hybridized carbons (Fsp3) is 0.381. The summed E-state index contributed by atoms with van der Waals surface area (Å²) in [5.41, 5.74) is 2.25. The summed E-state index contributed by atoms with van der Waals surface area (Å²) in [5.74, 6) is -0.0717. The summed E-state index contributed by atoms with van der Waals surface area (Å²) in [6.07, 6.45) is -0.653. The fourth-order valence-electron chi connectivity index (χ4n) is 2.99. The Balaban J connectivity index is 1.47. The van der Waals surface area contributed by atoms with Crippen LogP contribution in [0.4, 0.5) is 10.1 Å². The van der Waals surface area contributed by atoms with Crippen LogP contribution in [0.1, 0.15) is 12.5 Å². The Hall–Kier alpha value is -2.60. The van der Waals surface area contributed by atoms with Crippen LogP contribution in [-0.4, -0.2) is 50.1 Å². The van der Waals surface area contributed by atoms with Crippen molar-refractivity contribution in [1.82, 2.24) is 10.2 Å². The number of benzene rings is 2. The molecule has 1 heterocycles. The zero-order chi connectivity index (χ0) is 19.2. The summed E-state index contributed by atoms with van der Waals surface area (Å²) in [6.45, 7) is 6.33. The van der Waals surface area contributed by atoms with Gasteiger partial charge in [-0.1, -0.05) is 12.1 Å². The van der Waals surface area contributed by atoms with Crippen LogP contribution >= 0.6 is 0 Å². The van der Waals surface area contributed by atoms with Crippen molar-refractivity contribution in [2.45, 2.75) is 19.6 Å². The Kier molecular flexibility index (Phi) is 6.29. The van der Waals surface area contributed by atoms with Crippen molar-refractivity contribution in [1.29, 1.82) is 0 Å². The van der Waals surface area contributed by atoms with Crippen LogP contribution in [0.25, 0.3) is 0 Å². The predicted octanol–water partition coefficient (Wildman–Crippen LogP) is 2.66. The molecule has 1 amide bonds. The summed E-state index contributed by atoms with van der Waals surface area (Å²) in [7, 11) is 2.14. The predicted molar refractivity (Wildman–Crippen MR) is 104 cm³/mol. The van der Waals surface area contributed by atoms with E-state index >= 15 is 0 Å². The summed E-state index contributed by atoms with van der Waals surface area (Å²) < 4.78 is 18.5. The molecule has 2 aromatic carbocycles. The molecule has 0 aromatic heterocycles.